The van der Waals surface area contributed by atoms with Crippen molar-refractivity contribution in [1.29, 1.82) is 0 Å². The second-order valence-electron chi connectivity index (χ2n) is 6.63. The SMILES string of the molecule is CCOc1ccc2c(c1)Sc1cccc(O)c1C2=C1CCN(C)CC1.Cl. The van der Waals surface area contributed by atoms with Crippen LogP contribution in [0.5, 0.6) is 11.5 Å². The number of hydrogen-bond acceptors (Lipinski definition) is 4. The number of piperidine rings is 1. The third kappa shape index (κ3) is 3.46. The smallest absolute Gasteiger partial charge is 0.124 e. The minimum absolute atomic E-state index is 0. The maximum Gasteiger partial charge on any atom is 0.124 e. The fourth-order valence-electron chi connectivity index (χ4n) is 3.66. The van der Waals surface area contributed by atoms with Crippen LogP contribution in [0.25, 0.3) is 5.57 Å². The van der Waals surface area contributed by atoms with E-state index in [9.17, 15) is 5.11 Å². The van der Waals surface area contributed by atoms with Gasteiger partial charge >= 0.3 is 0 Å². The van der Waals surface area contributed by atoms with Gasteiger partial charge in [-0.15, -0.1) is 12.4 Å². The minimum atomic E-state index is 0. The van der Waals surface area contributed by atoms with Gasteiger partial charge in [0, 0.05) is 28.4 Å². The van der Waals surface area contributed by atoms with Gasteiger partial charge in [-0.1, -0.05) is 23.4 Å². The van der Waals surface area contributed by atoms with E-state index in [0.29, 0.717) is 12.4 Å². The van der Waals surface area contributed by atoms with Crippen molar-refractivity contribution in [2.75, 3.05) is 26.7 Å². The second kappa shape index (κ2) is 7.95. The molecule has 2 aromatic rings. The molecule has 2 aromatic carbocycles. The zero-order valence-corrected chi connectivity index (χ0v) is 16.8. The number of aromatic hydroxyl groups is 1. The first kappa shape index (κ1) is 19.2. The van der Waals surface area contributed by atoms with Crippen molar-refractivity contribution in [3.63, 3.8) is 0 Å². The van der Waals surface area contributed by atoms with Crippen LogP contribution in [-0.4, -0.2) is 36.8 Å². The van der Waals surface area contributed by atoms with Crippen molar-refractivity contribution in [2.45, 2.75) is 29.6 Å². The molecule has 2 aliphatic rings. The van der Waals surface area contributed by atoms with E-state index < -0.39 is 0 Å². The number of nitrogens with zero attached hydrogens (tertiary/aromatic N) is 1. The summed E-state index contributed by atoms with van der Waals surface area (Å²) < 4.78 is 5.69. The maximum atomic E-state index is 10.6. The van der Waals surface area contributed by atoms with Crippen molar-refractivity contribution in [3.8, 4) is 11.5 Å². The highest BCUT2D eigenvalue weighted by Crippen LogP contribution is 2.51. The van der Waals surface area contributed by atoms with Crippen molar-refractivity contribution in [3.05, 3.63) is 53.1 Å². The van der Waals surface area contributed by atoms with Gasteiger partial charge in [0.1, 0.15) is 11.5 Å². The summed E-state index contributed by atoms with van der Waals surface area (Å²) in [6.07, 6.45) is 2.11. The number of rotatable bonds is 2. The van der Waals surface area contributed by atoms with Gasteiger partial charge < -0.3 is 14.7 Å². The van der Waals surface area contributed by atoms with Gasteiger partial charge in [0.05, 0.1) is 6.61 Å². The van der Waals surface area contributed by atoms with Crippen LogP contribution in [0.1, 0.15) is 30.9 Å². The molecule has 1 N–H and O–H groups in total. The molecule has 26 heavy (non-hydrogen) atoms. The molecule has 138 valence electrons. The summed E-state index contributed by atoms with van der Waals surface area (Å²) in [6, 6.07) is 12.2. The molecule has 0 radical (unpaired) electrons. The Hall–Kier alpha value is -1.62. The molecule has 0 spiro atoms. The predicted octanol–water partition coefficient (Wildman–Crippen LogP) is 5.20. The first-order valence-corrected chi connectivity index (χ1v) is 9.67. The largest absolute Gasteiger partial charge is 0.507 e. The molecule has 0 atom stereocenters. The molecule has 0 amide bonds. The van der Waals surface area contributed by atoms with Crippen molar-refractivity contribution in [2.24, 2.45) is 0 Å². The normalized spacial score (nSPS) is 16.5. The highest BCUT2D eigenvalue weighted by molar-refractivity contribution is 7.99. The quantitative estimate of drug-likeness (QED) is 0.652. The van der Waals surface area contributed by atoms with Crippen LogP contribution < -0.4 is 4.74 Å². The summed E-state index contributed by atoms with van der Waals surface area (Å²) in [5, 5.41) is 10.6. The lowest BCUT2D eigenvalue weighted by atomic mass is 9.87. The minimum Gasteiger partial charge on any atom is -0.507 e. The second-order valence-corrected chi connectivity index (χ2v) is 7.71. The molecule has 0 saturated carbocycles. The Labute approximate surface area is 165 Å². The molecular weight excluding hydrogens is 366 g/mol. The lowest BCUT2D eigenvalue weighted by Gasteiger charge is -2.30. The van der Waals surface area contributed by atoms with Crippen LogP contribution in [0.4, 0.5) is 0 Å². The van der Waals surface area contributed by atoms with Gasteiger partial charge in [-0.05, 0) is 68.3 Å². The highest BCUT2D eigenvalue weighted by Gasteiger charge is 2.27. The molecule has 0 bridgehead atoms. The molecule has 4 rings (SSSR count). The van der Waals surface area contributed by atoms with E-state index in [-0.39, 0.29) is 12.4 Å². The highest BCUT2D eigenvalue weighted by atomic mass is 35.5. The molecule has 3 nitrogen and oxygen atoms in total. The van der Waals surface area contributed by atoms with Crippen LogP contribution in [0.15, 0.2) is 51.8 Å². The number of benzene rings is 2. The standard InChI is InChI=1S/C21H23NO2S.ClH/c1-3-24-15-7-8-16-19(13-15)25-18-6-4-5-17(23)21(18)20(16)14-9-11-22(2)12-10-14;/h4-8,13,23H,3,9-12H2,1-2H3;1H. The van der Waals surface area contributed by atoms with Crippen LogP contribution in [0, 0.1) is 0 Å². The Morgan fingerprint density at radius 3 is 2.62 bits per heavy atom. The first-order valence-electron chi connectivity index (χ1n) is 8.85. The maximum absolute atomic E-state index is 10.6. The van der Waals surface area contributed by atoms with E-state index in [1.807, 2.05) is 19.1 Å². The average molecular weight is 390 g/mol. The lowest BCUT2D eigenvalue weighted by molar-refractivity contribution is 0.313. The number of hydrogen-bond donors (Lipinski definition) is 1. The molecular formula is C21H24ClNO2S. The Morgan fingerprint density at radius 2 is 1.88 bits per heavy atom. The van der Waals surface area contributed by atoms with Gasteiger partial charge in [-0.3, -0.25) is 0 Å². The van der Waals surface area contributed by atoms with E-state index >= 15 is 0 Å². The van der Waals surface area contributed by atoms with E-state index in [4.69, 9.17) is 4.74 Å². The van der Waals surface area contributed by atoms with Gasteiger partial charge in [0.2, 0.25) is 0 Å². The summed E-state index contributed by atoms with van der Waals surface area (Å²) in [5.74, 6) is 1.29. The van der Waals surface area contributed by atoms with E-state index in [2.05, 4.69) is 30.1 Å². The Morgan fingerprint density at radius 1 is 1.12 bits per heavy atom. The number of phenolic OH excluding ortho intramolecular Hbond substituents is 1. The van der Waals surface area contributed by atoms with E-state index in [0.717, 1.165) is 42.1 Å². The Balaban J connectivity index is 0.00000196. The summed E-state index contributed by atoms with van der Waals surface area (Å²) in [4.78, 5) is 4.71. The summed E-state index contributed by atoms with van der Waals surface area (Å²) in [6.45, 7) is 4.81. The number of ether oxygens (including phenoxy) is 1. The molecule has 1 saturated heterocycles. The molecule has 2 aliphatic heterocycles. The first-order chi connectivity index (χ1) is 12.2. The molecule has 0 aliphatic carbocycles. The summed E-state index contributed by atoms with van der Waals surface area (Å²) in [5.41, 5.74) is 4.91. The zero-order chi connectivity index (χ0) is 17.4. The third-order valence-electron chi connectivity index (χ3n) is 4.95. The fraction of sp³-hybridized carbons (Fsp3) is 0.333. The molecule has 2 heterocycles. The van der Waals surface area contributed by atoms with Crippen LogP contribution >= 0.6 is 24.2 Å². The van der Waals surface area contributed by atoms with Crippen LogP contribution in [-0.2, 0) is 0 Å². The van der Waals surface area contributed by atoms with E-state index in [1.54, 1.807) is 17.8 Å². The van der Waals surface area contributed by atoms with Crippen LogP contribution in [0.3, 0.4) is 0 Å². The van der Waals surface area contributed by atoms with Crippen molar-refractivity contribution in [1.82, 2.24) is 4.90 Å². The average Bonchev–Trinajstić information content (AvgIpc) is 2.61. The fourth-order valence-corrected chi connectivity index (χ4v) is 4.81. The Bertz CT molecular complexity index is 840. The van der Waals surface area contributed by atoms with Gasteiger partial charge in [-0.2, -0.15) is 0 Å². The lowest BCUT2D eigenvalue weighted by Crippen LogP contribution is -2.27. The predicted molar refractivity (Wildman–Crippen MR) is 110 cm³/mol. The van der Waals surface area contributed by atoms with E-state index in [1.165, 1.54) is 21.6 Å². The summed E-state index contributed by atoms with van der Waals surface area (Å²) >= 11 is 1.72. The topological polar surface area (TPSA) is 32.7 Å². The summed E-state index contributed by atoms with van der Waals surface area (Å²) in [7, 11) is 2.17. The molecule has 5 heteroatoms. The number of halogens is 1. The van der Waals surface area contributed by atoms with Gasteiger partial charge in [-0.25, -0.2) is 0 Å². The van der Waals surface area contributed by atoms with Crippen molar-refractivity contribution >= 4 is 29.7 Å². The molecule has 1 fully saturated rings. The monoisotopic (exact) mass is 389 g/mol. The van der Waals surface area contributed by atoms with Crippen molar-refractivity contribution < 1.29 is 9.84 Å². The Kier molecular flexibility index (Phi) is 5.86. The number of fused-ring (bicyclic) bond motifs is 2. The number of likely N-dealkylation sites (tertiary alicyclic amines) is 1. The molecule has 0 unspecified atom stereocenters. The van der Waals surface area contributed by atoms with Gasteiger partial charge in [0.15, 0.2) is 0 Å². The number of phenols is 1. The third-order valence-corrected chi connectivity index (χ3v) is 6.07. The van der Waals surface area contributed by atoms with Gasteiger partial charge in [0.25, 0.3) is 0 Å². The molecule has 0 aromatic heterocycles. The zero-order valence-electron chi connectivity index (χ0n) is 15.1. The van der Waals surface area contributed by atoms with Crippen LogP contribution in [0.2, 0.25) is 0 Å².